The van der Waals surface area contributed by atoms with E-state index in [-0.39, 0.29) is 16.8 Å². The summed E-state index contributed by atoms with van der Waals surface area (Å²) in [5, 5.41) is 0. The van der Waals surface area contributed by atoms with Crippen molar-refractivity contribution in [2.75, 3.05) is 0 Å². The van der Waals surface area contributed by atoms with E-state index in [1.807, 2.05) is 0 Å². The predicted octanol–water partition coefficient (Wildman–Crippen LogP) is -2.86. The topological polar surface area (TPSA) is 114 Å². The Morgan fingerprint density at radius 1 is 0.778 bits per heavy atom. The summed E-state index contributed by atoms with van der Waals surface area (Å²) in [7, 11) is 0. The summed E-state index contributed by atoms with van der Waals surface area (Å²) in [5.41, 5.74) is 0. The third kappa shape index (κ3) is 642. The van der Waals surface area contributed by atoms with Crippen LogP contribution in [0, 0.1) is 0 Å². The van der Waals surface area contributed by atoms with Crippen LogP contribution < -0.4 is 8.06 Å². The molecule has 0 aliphatic heterocycles. The van der Waals surface area contributed by atoms with E-state index in [4.69, 9.17) is 22.8 Å². The van der Waals surface area contributed by atoms with Gasteiger partial charge in [-0.05, 0) is 0 Å². The van der Waals surface area contributed by atoms with Crippen LogP contribution in [-0.2, 0) is 62.3 Å². The molecule has 0 heterocycles. The zero-order chi connectivity index (χ0) is 7.15. The van der Waals surface area contributed by atoms with Crippen LogP contribution in [0.5, 0.6) is 0 Å². The van der Waals surface area contributed by atoms with Gasteiger partial charge in [0.2, 0.25) is 0 Å². The van der Waals surface area contributed by atoms with Gasteiger partial charge in [0.05, 0.1) is 0 Å². The van der Waals surface area contributed by atoms with Crippen molar-refractivity contribution in [2.24, 2.45) is 0 Å². The molecule has 9 heavy (non-hydrogen) atoms. The Balaban J connectivity index is -0.0000000720. The molecule has 6 nitrogen and oxygen atoms in total. The van der Waals surface area contributed by atoms with E-state index in [1.165, 1.54) is 0 Å². The van der Waals surface area contributed by atoms with Crippen molar-refractivity contribution < 1.29 is 70.3 Å². The van der Waals surface area contributed by atoms with E-state index >= 15 is 0 Å². The Morgan fingerprint density at radius 3 is 0.778 bits per heavy atom. The molecule has 1 radical (unpaired) electrons. The molecule has 0 amide bonds. The van der Waals surface area contributed by atoms with Crippen molar-refractivity contribution in [1.82, 2.24) is 0 Å². The molecule has 55 valence electrons. The Bertz CT molecular complexity index is 128. The zero-order valence-electron chi connectivity index (χ0n) is 3.68. The van der Waals surface area contributed by atoms with Crippen molar-refractivity contribution in [3.63, 3.8) is 0 Å². The molecular weight excluding hydrogens is 257 g/mol. The van der Waals surface area contributed by atoms with Gasteiger partial charge < -0.3 is 0 Å². The van der Waals surface area contributed by atoms with Gasteiger partial charge >= 0.3 is 70.3 Å². The molecule has 0 aromatic carbocycles. The van der Waals surface area contributed by atoms with Crippen molar-refractivity contribution in [1.29, 1.82) is 0 Å². The van der Waals surface area contributed by atoms with E-state index in [9.17, 15) is 0 Å². The molecule has 0 N–H and O–H groups in total. The summed E-state index contributed by atoms with van der Waals surface area (Å²) in [4.78, 5) is 0. The Labute approximate surface area is 70.2 Å². The third-order valence-corrected chi connectivity index (χ3v) is 0. The van der Waals surface area contributed by atoms with E-state index in [2.05, 4.69) is 0 Å². The molecule has 0 aliphatic rings. The summed E-state index contributed by atoms with van der Waals surface area (Å²) in [5.74, 6) is 0. The first kappa shape index (κ1) is 16.4. The monoisotopic (exact) mass is 257 g/mol. The Morgan fingerprint density at radius 2 is 0.778 bits per heavy atom. The van der Waals surface area contributed by atoms with Gasteiger partial charge in [0.1, 0.15) is 0 Å². The minimum absolute atomic E-state index is 0. The molecule has 9 heteroatoms. The molecule has 0 bridgehead atoms. The van der Waals surface area contributed by atoms with Crippen LogP contribution in [0.4, 0.5) is 0 Å². The molecule has 0 fully saturated rings. The Hall–Kier alpha value is 0.795. The second kappa shape index (κ2) is 11.6. The van der Waals surface area contributed by atoms with Gasteiger partial charge in [0.15, 0.2) is 0 Å². The molecule has 0 unspecified atom stereocenters. The SMILES string of the molecule is [Co+2].[O]=[V](=[O])[O-].[O]=[V](=[O])[O-]. The average Bonchev–Trinajstić information content (AvgIpc) is 1.25. The van der Waals surface area contributed by atoms with Crippen LogP contribution in [0.25, 0.3) is 0 Å². The Kier molecular flexibility index (Phi) is 21.1. The first-order valence-corrected chi connectivity index (χ1v) is 4.52. The fourth-order valence-electron chi connectivity index (χ4n) is 0. The van der Waals surface area contributed by atoms with E-state index in [1.54, 1.807) is 0 Å². The van der Waals surface area contributed by atoms with E-state index in [0.717, 1.165) is 0 Å². The summed E-state index contributed by atoms with van der Waals surface area (Å²) < 4.78 is 51.4. The molecule has 0 spiro atoms. The second-order valence-corrected chi connectivity index (χ2v) is 1.84. The molecule has 0 aliphatic carbocycles. The van der Waals surface area contributed by atoms with Crippen LogP contribution in [0.1, 0.15) is 0 Å². The summed E-state index contributed by atoms with van der Waals surface area (Å²) in [6.45, 7) is 0. The normalized spacial score (nSPS) is 5.56. The van der Waals surface area contributed by atoms with Crippen LogP contribution in [0.3, 0.4) is 0 Å². The van der Waals surface area contributed by atoms with Crippen LogP contribution >= 0.6 is 0 Å². The van der Waals surface area contributed by atoms with Gasteiger partial charge in [-0.1, -0.05) is 0 Å². The van der Waals surface area contributed by atoms with Crippen molar-refractivity contribution in [3.05, 3.63) is 0 Å². The summed E-state index contributed by atoms with van der Waals surface area (Å²) in [6.07, 6.45) is 0. The minimum atomic E-state index is -3.94. The molecule has 0 saturated carbocycles. The second-order valence-electron chi connectivity index (χ2n) is 0.447. The fourth-order valence-corrected chi connectivity index (χ4v) is 0. The maximum atomic E-state index is 8.56. The molecule has 0 aromatic heterocycles. The summed E-state index contributed by atoms with van der Waals surface area (Å²) >= 11 is -7.88. The number of rotatable bonds is 0. The van der Waals surface area contributed by atoms with Gasteiger partial charge in [-0.2, -0.15) is 0 Å². The third-order valence-electron chi connectivity index (χ3n) is 0. The first-order chi connectivity index (χ1) is 3.46. The fraction of sp³-hybridized carbons (Fsp3) is 0. The number of hydrogen-bond acceptors (Lipinski definition) is 6. The molecular formula is CoO6V2. The molecule has 0 atom stereocenters. The van der Waals surface area contributed by atoms with Gasteiger partial charge in [-0.15, -0.1) is 0 Å². The molecule has 0 aromatic rings. The average molecular weight is 257 g/mol. The summed E-state index contributed by atoms with van der Waals surface area (Å²) in [6, 6.07) is 0. The molecule has 0 rings (SSSR count). The predicted molar refractivity (Wildman–Crippen MR) is 2.75 cm³/mol. The van der Waals surface area contributed by atoms with Crippen molar-refractivity contribution >= 4 is 0 Å². The first-order valence-electron chi connectivity index (χ1n) is 1.10. The van der Waals surface area contributed by atoms with Crippen LogP contribution in [0.15, 0.2) is 0 Å². The van der Waals surface area contributed by atoms with Crippen LogP contribution in [-0.4, -0.2) is 0 Å². The van der Waals surface area contributed by atoms with E-state index < -0.39 is 30.8 Å². The van der Waals surface area contributed by atoms with Crippen molar-refractivity contribution in [2.45, 2.75) is 0 Å². The maximum absolute atomic E-state index is 8.56. The van der Waals surface area contributed by atoms with Crippen molar-refractivity contribution in [3.8, 4) is 0 Å². The van der Waals surface area contributed by atoms with Gasteiger partial charge in [-0.25, -0.2) is 0 Å². The zero-order valence-corrected chi connectivity index (χ0v) is 7.51. The van der Waals surface area contributed by atoms with E-state index in [0.29, 0.717) is 0 Å². The van der Waals surface area contributed by atoms with Gasteiger partial charge in [0, 0.05) is 0 Å². The van der Waals surface area contributed by atoms with Crippen LogP contribution in [0.2, 0.25) is 0 Å². The quantitative estimate of drug-likeness (QED) is 0.461. The number of hydrogen-bond donors (Lipinski definition) is 0. The van der Waals surface area contributed by atoms with Gasteiger partial charge in [0.25, 0.3) is 0 Å². The standard InChI is InChI=1S/Co.6O.2V/q+2;;;;;2*-1;;. The van der Waals surface area contributed by atoms with Gasteiger partial charge in [-0.3, -0.25) is 0 Å². The molecule has 0 saturated heterocycles.